The molecule has 0 aliphatic carbocycles. The SMILES string of the molecule is COc1ccc(N(Cl)CCc2ccc(NS(C)(=O)=O)cc2)cc1OC. The zero-order valence-electron chi connectivity index (χ0n) is 14.3. The van der Waals surface area contributed by atoms with E-state index in [1.54, 1.807) is 36.8 Å². The van der Waals surface area contributed by atoms with Crippen LogP contribution in [0.25, 0.3) is 0 Å². The highest BCUT2D eigenvalue weighted by Crippen LogP contribution is 2.32. The Morgan fingerprint density at radius 3 is 2.24 bits per heavy atom. The minimum absolute atomic E-state index is 0.536. The summed E-state index contributed by atoms with van der Waals surface area (Å²) in [5.74, 6) is 1.26. The molecule has 0 heterocycles. The van der Waals surface area contributed by atoms with Gasteiger partial charge in [-0.15, -0.1) is 0 Å². The van der Waals surface area contributed by atoms with Crippen molar-refractivity contribution in [3.63, 3.8) is 0 Å². The number of methoxy groups -OCH3 is 2. The second kappa shape index (κ2) is 8.31. The Balaban J connectivity index is 1.99. The lowest BCUT2D eigenvalue weighted by Gasteiger charge is -2.18. The number of halogens is 1. The van der Waals surface area contributed by atoms with Crippen molar-refractivity contribution >= 4 is 33.2 Å². The van der Waals surface area contributed by atoms with Crippen LogP contribution in [0.3, 0.4) is 0 Å². The monoisotopic (exact) mass is 384 g/mol. The minimum atomic E-state index is -3.27. The van der Waals surface area contributed by atoms with Gasteiger partial charge in [0.05, 0.1) is 26.2 Å². The number of benzene rings is 2. The summed E-state index contributed by atoms with van der Waals surface area (Å²) < 4.78 is 36.9. The molecule has 2 rings (SSSR count). The number of hydrogen-bond donors (Lipinski definition) is 1. The van der Waals surface area contributed by atoms with Gasteiger partial charge in [0, 0.05) is 30.1 Å². The van der Waals surface area contributed by atoms with Crippen LogP contribution in [-0.4, -0.2) is 35.4 Å². The standard InChI is InChI=1S/C17H21ClN2O4S/c1-23-16-9-8-15(12-17(16)24-2)20(18)11-10-13-4-6-14(7-5-13)19-25(3,21)22/h4-9,12,19H,10-11H2,1-3H3. The van der Waals surface area contributed by atoms with Crippen LogP contribution in [0.1, 0.15) is 5.56 Å². The number of hydrogen-bond acceptors (Lipinski definition) is 5. The van der Waals surface area contributed by atoms with Crippen LogP contribution < -0.4 is 18.6 Å². The summed E-state index contributed by atoms with van der Waals surface area (Å²) >= 11 is 6.34. The van der Waals surface area contributed by atoms with E-state index in [2.05, 4.69) is 4.72 Å². The molecule has 0 aliphatic rings. The average molecular weight is 385 g/mol. The number of anilines is 2. The van der Waals surface area contributed by atoms with Crippen molar-refractivity contribution < 1.29 is 17.9 Å². The van der Waals surface area contributed by atoms with E-state index in [-0.39, 0.29) is 0 Å². The van der Waals surface area contributed by atoms with Crippen LogP contribution in [0.4, 0.5) is 11.4 Å². The summed E-state index contributed by atoms with van der Waals surface area (Å²) in [5, 5.41) is 0. The maximum Gasteiger partial charge on any atom is 0.229 e. The normalized spacial score (nSPS) is 11.0. The van der Waals surface area contributed by atoms with Crippen molar-refractivity contribution in [3.8, 4) is 11.5 Å². The van der Waals surface area contributed by atoms with Crippen molar-refractivity contribution in [1.29, 1.82) is 0 Å². The predicted molar refractivity (Wildman–Crippen MR) is 101 cm³/mol. The molecule has 25 heavy (non-hydrogen) atoms. The Morgan fingerprint density at radius 1 is 1.04 bits per heavy atom. The largest absolute Gasteiger partial charge is 0.493 e. The molecule has 0 atom stereocenters. The lowest BCUT2D eigenvalue weighted by molar-refractivity contribution is 0.355. The van der Waals surface area contributed by atoms with Crippen molar-refractivity contribution in [2.75, 3.05) is 36.2 Å². The van der Waals surface area contributed by atoms with Gasteiger partial charge < -0.3 is 9.47 Å². The molecule has 8 heteroatoms. The number of rotatable bonds is 8. The van der Waals surface area contributed by atoms with Gasteiger partial charge in [-0.1, -0.05) is 12.1 Å². The molecule has 0 unspecified atom stereocenters. The van der Waals surface area contributed by atoms with Crippen LogP contribution >= 0.6 is 11.8 Å². The molecule has 0 spiro atoms. The van der Waals surface area contributed by atoms with Crippen LogP contribution in [-0.2, 0) is 16.4 Å². The molecule has 0 radical (unpaired) electrons. The summed E-state index contributed by atoms with van der Waals surface area (Å²) in [7, 11) is -0.108. The Morgan fingerprint density at radius 2 is 1.68 bits per heavy atom. The maximum absolute atomic E-state index is 11.2. The molecular weight excluding hydrogens is 364 g/mol. The zero-order chi connectivity index (χ0) is 18.4. The fourth-order valence-electron chi connectivity index (χ4n) is 2.29. The highest BCUT2D eigenvalue weighted by atomic mass is 35.5. The topological polar surface area (TPSA) is 67.9 Å². The van der Waals surface area contributed by atoms with Crippen LogP contribution in [0.5, 0.6) is 11.5 Å². The Kier molecular flexibility index (Phi) is 6.39. The van der Waals surface area contributed by atoms with E-state index in [0.717, 1.165) is 17.5 Å². The molecule has 2 aromatic rings. The first kappa shape index (κ1) is 19.2. The molecular formula is C17H21ClN2O4S. The lowest BCUT2D eigenvalue weighted by Crippen LogP contribution is -2.14. The summed E-state index contributed by atoms with van der Waals surface area (Å²) in [5.41, 5.74) is 2.38. The molecule has 0 bridgehead atoms. The molecule has 2 aromatic carbocycles. The van der Waals surface area contributed by atoms with Gasteiger partial charge in [0.2, 0.25) is 10.0 Å². The quantitative estimate of drug-likeness (QED) is 0.707. The van der Waals surface area contributed by atoms with Crippen LogP contribution in [0, 0.1) is 0 Å². The second-order valence-corrected chi connectivity index (χ2v) is 7.60. The van der Waals surface area contributed by atoms with E-state index < -0.39 is 10.0 Å². The lowest BCUT2D eigenvalue weighted by atomic mass is 10.1. The van der Waals surface area contributed by atoms with Gasteiger partial charge in [0.15, 0.2) is 11.5 Å². The predicted octanol–water partition coefficient (Wildman–Crippen LogP) is 3.28. The van der Waals surface area contributed by atoms with E-state index in [1.807, 2.05) is 24.3 Å². The third-order valence-corrected chi connectivity index (χ3v) is 4.47. The number of nitrogens with one attached hydrogen (secondary N) is 1. The highest BCUT2D eigenvalue weighted by molar-refractivity contribution is 7.92. The molecule has 0 saturated carbocycles. The fraction of sp³-hybridized carbons (Fsp3) is 0.294. The van der Waals surface area contributed by atoms with Gasteiger partial charge in [-0.2, -0.15) is 0 Å². The number of sulfonamides is 1. The smallest absolute Gasteiger partial charge is 0.229 e. The molecule has 0 aromatic heterocycles. The number of nitrogens with zero attached hydrogens (tertiary/aromatic N) is 1. The Labute approximate surface area is 153 Å². The molecule has 136 valence electrons. The maximum atomic E-state index is 11.2. The summed E-state index contributed by atoms with van der Waals surface area (Å²) in [6.07, 6.45) is 1.83. The molecule has 0 fully saturated rings. The van der Waals surface area contributed by atoms with Gasteiger partial charge in [-0.05, 0) is 36.2 Å². The summed E-state index contributed by atoms with van der Waals surface area (Å²) in [6.45, 7) is 0.579. The average Bonchev–Trinajstić information content (AvgIpc) is 2.58. The molecule has 0 saturated heterocycles. The van der Waals surface area contributed by atoms with E-state index in [0.29, 0.717) is 30.2 Å². The van der Waals surface area contributed by atoms with Crippen molar-refractivity contribution in [3.05, 3.63) is 48.0 Å². The highest BCUT2D eigenvalue weighted by Gasteiger charge is 2.09. The van der Waals surface area contributed by atoms with E-state index in [9.17, 15) is 8.42 Å². The van der Waals surface area contributed by atoms with Crippen molar-refractivity contribution in [2.24, 2.45) is 0 Å². The first-order valence-electron chi connectivity index (χ1n) is 7.54. The van der Waals surface area contributed by atoms with Gasteiger partial charge in [-0.3, -0.25) is 9.14 Å². The molecule has 6 nitrogen and oxygen atoms in total. The summed E-state index contributed by atoms with van der Waals surface area (Å²) in [6, 6.07) is 12.7. The van der Waals surface area contributed by atoms with Crippen LogP contribution in [0.2, 0.25) is 0 Å². The molecule has 0 amide bonds. The van der Waals surface area contributed by atoms with E-state index in [4.69, 9.17) is 21.3 Å². The fourth-order valence-corrected chi connectivity index (χ4v) is 3.04. The zero-order valence-corrected chi connectivity index (χ0v) is 15.9. The van der Waals surface area contributed by atoms with Crippen molar-refractivity contribution in [2.45, 2.75) is 6.42 Å². The first-order chi connectivity index (χ1) is 11.8. The van der Waals surface area contributed by atoms with Gasteiger partial charge in [0.1, 0.15) is 0 Å². The van der Waals surface area contributed by atoms with Gasteiger partial charge in [-0.25, -0.2) is 8.42 Å². The second-order valence-electron chi connectivity index (χ2n) is 5.45. The minimum Gasteiger partial charge on any atom is -0.493 e. The first-order valence-corrected chi connectivity index (χ1v) is 9.77. The van der Waals surface area contributed by atoms with E-state index >= 15 is 0 Å². The molecule has 1 N–H and O–H groups in total. The Hall–Kier alpha value is -2.12. The number of ether oxygens (including phenoxy) is 2. The molecule has 0 aliphatic heterocycles. The summed E-state index contributed by atoms with van der Waals surface area (Å²) in [4.78, 5) is 0. The third-order valence-electron chi connectivity index (χ3n) is 3.50. The Bertz CT molecular complexity index is 810. The van der Waals surface area contributed by atoms with E-state index in [1.165, 1.54) is 0 Å². The third kappa shape index (κ3) is 5.72. The van der Waals surface area contributed by atoms with Gasteiger partial charge in [0.25, 0.3) is 0 Å². The van der Waals surface area contributed by atoms with Crippen LogP contribution in [0.15, 0.2) is 42.5 Å². The van der Waals surface area contributed by atoms with Gasteiger partial charge >= 0.3 is 0 Å². The van der Waals surface area contributed by atoms with Crippen molar-refractivity contribution in [1.82, 2.24) is 0 Å².